The van der Waals surface area contributed by atoms with Gasteiger partial charge in [0.15, 0.2) is 0 Å². The molecular formula is C25H45NO4S. The average Bonchev–Trinajstić information content (AvgIpc) is 3.32. The molecule has 6 heteroatoms. The van der Waals surface area contributed by atoms with Gasteiger partial charge in [0.1, 0.15) is 0 Å². The molecule has 2 rings (SSSR count). The zero-order chi connectivity index (χ0) is 22.9. The third kappa shape index (κ3) is 8.29. The van der Waals surface area contributed by atoms with E-state index in [2.05, 4.69) is 19.1 Å². The predicted octanol–water partition coefficient (Wildman–Crippen LogP) is 5.49. The Morgan fingerprint density at radius 2 is 1.74 bits per heavy atom. The van der Waals surface area contributed by atoms with E-state index in [-0.39, 0.29) is 5.91 Å². The second-order valence-electron chi connectivity index (χ2n) is 10.2. The van der Waals surface area contributed by atoms with E-state index >= 15 is 0 Å². The van der Waals surface area contributed by atoms with Crippen LogP contribution in [0.15, 0.2) is 12.2 Å². The third-order valence-electron chi connectivity index (χ3n) is 7.08. The molecule has 2 heterocycles. The van der Waals surface area contributed by atoms with Gasteiger partial charge in [-0.1, -0.05) is 65.0 Å². The van der Waals surface area contributed by atoms with E-state index in [0.29, 0.717) is 35.5 Å². The summed E-state index contributed by atoms with van der Waals surface area (Å²) >= 11 is 0. The Labute approximate surface area is 192 Å². The van der Waals surface area contributed by atoms with Gasteiger partial charge in [-0.25, -0.2) is 5.06 Å². The van der Waals surface area contributed by atoms with Gasteiger partial charge >= 0.3 is 0 Å². The SMILES string of the molecule is CCCCCCCCS(=O)C[C@@H]1[C@H](CC=CCCC(C)(C)C(=O)N(C)O)[C@@H]2CC[C@H]1O2. The van der Waals surface area contributed by atoms with Crippen LogP contribution in [0.4, 0.5) is 0 Å². The highest BCUT2D eigenvalue weighted by Crippen LogP contribution is 2.45. The van der Waals surface area contributed by atoms with Crippen molar-refractivity contribution in [3.63, 3.8) is 0 Å². The van der Waals surface area contributed by atoms with E-state index in [9.17, 15) is 14.2 Å². The van der Waals surface area contributed by atoms with Crippen molar-refractivity contribution in [2.75, 3.05) is 18.6 Å². The van der Waals surface area contributed by atoms with Gasteiger partial charge in [0.25, 0.3) is 5.91 Å². The fourth-order valence-electron chi connectivity index (χ4n) is 5.13. The van der Waals surface area contributed by atoms with Gasteiger partial charge < -0.3 is 4.74 Å². The Morgan fingerprint density at radius 1 is 1.10 bits per heavy atom. The van der Waals surface area contributed by atoms with Crippen molar-refractivity contribution < 1.29 is 18.9 Å². The third-order valence-corrected chi connectivity index (χ3v) is 8.58. The molecule has 2 aliphatic heterocycles. The molecule has 180 valence electrons. The van der Waals surface area contributed by atoms with Gasteiger partial charge in [0.2, 0.25) is 0 Å². The van der Waals surface area contributed by atoms with Crippen molar-refractivity contribution >= 4 is 16.7 Å². The topological polar surface area (TPSA) is 66.8 Å². The lowest BCUT2D eigenvalue weighted by molar-refractivity contribution is -0.169. The second-order valence-corrected chi connectivity index (χ2v) is 11.8. The zero-order valence-electron chi connectivity index (χ0n) is 20.2. The van der Waals surface area contributed by atoms with Crippen LogP contribution in [0.5, 0.6) is 0 Å². The largest absolute Gasteiger partial charge is 0.374 e. The van der Waals surface area contributed by atoms with Crippen molar-refractivity contribution in [3.8, 4) is 0 Å². The summed E-state index contributed by atoms with van der Waals surface area (Å²) in [5.41, 5.74) is -0.570. The molecule has 1 unspecified atom stereocenters. The number of hydrogen-bond donors (Lipinski definition) is 1. The monoisotopic (exact) mass is 455 g/mol. The average molecular weight is 456 g/mol. The summed E-state index contributed by atoms with van der Waals surface area (Å²) in [6, 6.07) is 0. The van der Waals surface area contributed by atoms with Gasteiger partial charge in [-0.3, -0.25) is 14.2 Å². The Morgan fingerprint density at radius 3 is 2.42 bits per heavy atom. The van der Waals surface area contributed by atoms with Crippen LogP contribution in [0.2, 0.25) is 0 Å². The van der Waals surface area contributed by atoms with E-state index in [1.165, 1.54) is 39.2 Å². The molecule has 31 heavy (non-hydrogen) atoms. The van der Waals surface area contributed by atoms with Crippen LogP contribution in [-0.2, 0) is 20.3 Å². The minimum absolute atomic E-state index is 0.254. The molecular weight excluding hydrogens is 410 g/mol. The number of unbranched alkanes of at least 4 members (excludes halogenated alkanes) is 5. The highest BCUT2D eigenvalue weighted by Gasteiger charge is 2.48. The number of hydrogen-bond acceptors (Lipinski definition) is 4. The molecule has 5 nitrogen and oxygen atoms in total. The van der Waals surface area contributed by atoms with Crippen molar-refractivity contribution in [2.45, 2.75) is 104 Å². The van der Waals surface area contributed by atoms with Gasteiger partial charge in [0, 0.05) is 40.7 Å². The first-order valence-electron chi connectivity index (χ1n) is 12.4. The van der Waals surface area contributed by atoms with E-state index in [1.807, 2.05) is 13.8 Å². The Hall–Kier alpha value is -0.720. The second kappa shape index (κ2) is 13.1. The van der Waals surface area contributed by atoms with Crippen LogP contribution in [0.25, 0.3) is 0 Å². The maximum atomic E-state index is 12.7. The van der Waals surface area contributed by atoms with E-state index < -0.39 is 16.2 Å². The van der Waals surface area contributed by atoms with Gasteiger partial charge in [-0.05, 0) is 44.4 Å². The van der Waals surface area contributed by atoms with Crippen molar-refractivity contribution in [2.24, 2.45) is 17.3 Å². The van der Waals surface area contributed by atoms with Crippen molar-refractivity contribution in [1.29, 1.82) is 0 Å². The molecule has 0 aromatic carbocycles. The summed E-state index contributed by atoms with van der Waals surface area (Å²) in [6.07, 6.45) is 17.2. The van der Waals surface area contributed by atoms with E-state index in [0.717, 1.165) is 43.6 Å². The first-order chi connectivity index (χ1) is 14.8. The van der Waals surface area contributed by atoms with Crippen LogP contribution in [0, 0.1) is 17.3 Å². The normalized spacial score (nSPS) is 26.6. The molecule has 0 radical (unpaired) electrons. The number of allylic oxidation sites excluding steroid dienone is 2. The molecule has 1 N–H and O–H groups in total. The number of rotatable bonds is 15. The van der Waals surface area contributed by atoms with Crippen LogP contribution >= 0.6 is 0 Å². The molecule has 0 spiro atoms. The summed E-state index contributed by atoms with van der Waals surface area (Å²) < 4.78 is 18.9. The molecule has 0 aromatic heterocycles. The lowest BCUT2D eigenvalue weighted by atomic mass is 9.78. The molecule has 2 fully saturated rings. The highest BCUT2D eigenvalue weighted by atomic mass is 32.2. The van der Waals surface area contributed by atoms with Crippen molar-refractivity contribution in [1.82, 2.24) is 5.06 Å². The number of fused-ring (bicyclic) bond motifs is 2. The highest BCUT2D eigenvalue weighted by molar-refractivity contribution is 7.84. The fourth-order valence-corrected chi connectivity index (χ4v) is 6.71. The quantitative estimate of drug-likeness (QED) is 0.153. The van der Waals surface area contributed by atoms with Crippen molar-refractivity contribution in [3.05, 3.63) is 12.2 Å². The summed E-state index contributed by atoms with van der Waals surface area (Å²) in [6.45, 7) is 5.97. The maximum Gasteiger partial charge on any atom is 0.251 e. The number of ether oxygens (including phenoxy) is 1. The summed E-state index contributed by atoms with van der Waals surface area (Å²) in [4.78, 5) is 12.0. The summed E-state index contributed by atoms with van der Waals surface area (Å²) in [7, 11) is 0.641. The number of carbonyl (C=O) groups is 1. The minimum Gasteiger partial charge on any atom is -0.374 e. The van der Waals surface area contributed by atoms with Gasteiger partial charge in [0.05, 0.1) is 12.2 Å². The van der Waals surface area contributed by atoms with Crippen LogP contribution in [0.3, 0.4) is 0 Å². The number of amides is 1. The Balaban J connectivity index is 1.74. The molecule has 2 saturated heterocycles. The van der Waals surface area contributed by atoms with Crippen LogP contribution < -0.4 is 0 Å². The summed E-state index contributed by atoms with van der Waals surface area (Å²) in [5, 5.41) is 10.1. The predicted molar refractivity (Wildman–Crippen MR) is 127 cm³/mol. The number of hydroxylamine groups is 2. The molecule has 2 bridgehead atoms. The minimum atomic E-state index is -0.740. The Kier molecular flexibility index (Phi) is 11.2. The molecule has 1 amide bonds. The fraction of sp³-hybridized carbons (Fsp3) is 0.880. The molecule has 5 atom stereocenters. The maximum absolute atomic E-state index is 12.7. The molecule has 0 aliphatic carbocycles. The first kappa shape index (κ1) is 26.5. The van der Waals surface area contributed by atoms with E-state index in [1.54, 1.807) is 0 Å². The lowest BCUT2D eigenvalue weighted by Crippen LogP contribution is -2.36. The number of carbonyl (C=O) groups excluding carboxylic acids is 1. The Bertz CT molecular complexity index is 604. The standard InChI is InChI=1S/C25H45NO4S/c1-5-6-7-8-9-13-18-31(29)19-21-20(22-15-16-23(21)30-22)14-11-10-12-17-25(2,3)24(27)26(4)28/h10-11,20-23,28H,5-9,12-19H2,1-4H3/t20-,21+,22-,23+,31?/m0/s1. The van der Waals surface area contributed by atoms with Gasteiger partial charge in [-0.2, -0.15) is 0 Å². The van der Waals surface area contributed by atoms with E-state index in [4.69, 9.17) is 4.74 Å². The molecule has 0 saturated carbocycles. The molecule has 2 aliphatic rings. The van der Waals surface area contributed by atoms with Gasteiger partial charge in [-0.15, -0.1) is 0 Å². The lowest BCUT2D eigenvalue weighted by Gasteiger charge is -2.27. The smallest absolute Gasteiger partial charge is 0.251 e. The number of nitrogens with zero attached hydrogens (tertiary/aromatic N) is 1. The first-order valence-corrected chi connectivity index (χ1v) is 13.9. The summed E-state index contributed by atoms with van der Waals surface area (Å²) in [5.74, 6) is 2.27. The van der Waals surface area contributed by atoms with Crippen LogP contribution in [-0.4, -0.2) is 51.1 Å². The van der Waals surface area contributed by atoms with Crippen LogP contribution in [0.1, 0.15) is 91.4 Å². The zero-order valence-corrected chi connectivity index (χ0v) is 21.0. The molecule has 0 aromatic rings.